The Morgan fingerprint density at radius 3 is 2.76 bits per heavy atom. The smallest absolute Gasteiger partial charge is 0.207 e. The molecule has 0 atom stereocenters. The van der Waals surface area contributed by atoms with Crippen LogP contribution in [0.15, 0.2) is 42.5 Å². The fourth-order valence-electron chi connectivity index (χ4n) is 2.54. The van der Waals surface area contributed by atoms with Gasteiger partial charge in [-0.3, -0.25) is 4.79 Å². The van der Waals surface area contributed by atoms with Gasteiger partial charge in [-0.15, -0.1) is 0 Å². The molecule has 2 nitrogen and oxygen atoms in total. The second-order valence-corrected chi connectivity index (χ2v) is 4.28. The highest BCUT2D eigenvalue weighted by Gasteiger charge is 2.19. The predicted molar refractivity (Wildman–Crippen MR) is 67.6 cm³/mol. The Bertz CT molecular complexity index is 575. The number of benzene rings is 2. The van der Waals surface area contributed by atoms with Crippen LogP contribution in [-0.2, 0) is 17.8 Å². The quantitative estimate of drug-likeness (QED) is 0.679. The Balaban J connectivity index is 2.07. The molecular formula is C15H13NO. The topological polar surface area (TPSA) is 29.1 Å². The highest BCUT2D eigenvalue weighted by Crippen LogP contribution is 2.37. The molecule has 2 heteroatoms. The Morgan fingerprint density at radius 1 is 1.06 bits per heavy atom. The van der Waals surface area contributed by atoms with E-state index in [1.807, 2.05) is 0 Å². The molecule has 0 unspecified atom stereocenters. The van der Waals surface area contributed by atoms with Gasteiger partial charge >= 0.3 is 0 Å². The van der Waals surface area contributed by atoms with Gasteiger partial charge in [-0.1, -0.05) is 42.5 Å². The molecule has 3 rings (SSSR count). The zero-order chi connectivity index (χ0) is 11.7. The van der Waals surface area contributed by atoms with Crippen LogP contribution < -0.4 is 5.32 Å². The van der Waals surface area contributed by atoms with E-state index in [0.29, 0.717) is 6.54 Å². The Hall–Kier alpha value is -2.09. The zero-order valence-corrected chi connectivity index (χ0v) is 9.44. The summed E-state index contributed by atoms with van der Waals surface area (Å²) in [5, 5.41) is 2.74. The van der Waals surface area contributed by atoms with Crippen LogP contribution in [0.1, 0.15) is 16.7 Å². The molecule has 0 aliphatic heterocycles. The van der Waals surface area contributed by atoms with Crippen LogP contribution in [0, 0.1) is 0 Å². The fraction of sp³-hybridized carbons (Fsp3) is 0.133. The van der Waals surface area contributed by atoms with Crippen molar-refractivity contribution in [3.05, 3.63) is 59.2 Å². The molecule has 0 heterocycles. The van der Waals surface area contributed by atoms with E-state index in [2.05, 4.69) is 47.8 Å². The molecule has 0 saturated heterocycles. The first-order valence-corrected chi connectivity index (χ1v) is 5.76. The van der Waals surface area contributed by atoms with Crippen LogP contribution in [0.2, 0.25) is 0 Å². The molecule has 2 aromatic rings. The van der Waals surface area contributed by atoms with Crippen molar-refractivity contribution in [3.8, 4) is 11.1 Å². The van der Waals surface area contributed by atoms with Gasteiger partial charge < -0.3 is 5.32 Å². The lowest BCUT2D eigenvalue weighted by molar-refractivity contribution is -0.109. The molecule has 1 amide bonds. The second-order valence-electron chi connectivity index (χ2n) is 4.28. The van der Waals surface area contributed by atoms with E-state index in [1.54, 1.807) is 0 Å². The fourth-order valence-corrected chi connectivity index (χ4v) is 2.54. The van der Waals surface area contributed by atoms with E-state index in [1.165, 1.54) is 27.8 Å². The first-order chi connectivity index (χ1) is 8.40. The molecule has 0 bridgehead atoms. The molecule has 0 fully saturated rings. The molecule has 0 spiro atoms. The molecule has 0 radical (unpaired) electrons. The lowest BCUT2D eigenvalue weighted by atomic mass is 10.0. The van der Waals surface area contributed by atoms with E-state index >= 15 is 0 Å². The number of carbonyl (C=O) groups is 1. The van der Waals surface area contributed by atoms with Crippen LogP contribution in [-0.4, -0.2) is 6.41 Å². The van der Waals surface area contributed by atoms with Crippen molar-refractivity contribution in [1.29, 1.82) is 0 Å². The summed E-state index contributed by atoms with van der Waals surface area (Å²) in [5.41, 5.74) is 6.58. The molecule has 1 aliphatic rings. The minimum absolute atomic E-state index is 0.612. The van der Waals surface area contributed by atoms with Gasteiger partial charge in [0.2, 0.25) is 6.41 Å². The monoisotopic (exact) mass is 223 g/mol. The molecule has 0 saturated carbocycles. The molecular weight excluding hydrogens is 210 g/mol. The van der Waals surface area contributed by atoms with Crippen molar-refractivity contribution in [2.24, 2.45) is 0 Å². The molecule has 0 aromatic heterocycles. The predicted octanol–water partition coefficient (Wildman–Crippen LogP) is 2.50. The van der Waals surface area contributed by atoms with Crippen molar-refractivity contribution in [3.63, 3.8) is 0 Å². The average Bonchev–Trinajstić information content (AvgIpc) is 2.75. The number of nitrogens with one attached hydrogen (secondary N) is 1. The number of rotatable bonds is 3. The third-order valence-electron chi connectivity index (χ3n) is 3.32. The third kappa shape index (κ3) is 1.62. The zero-order valence-electron chi connectivity index (χ0n) is 9.44. The van der Waals surface area contributed by atoms with Crippen molar-refractivity contribution >= 4 is 6.41 Å². The summed E-state index contributed by atoms with van der Waals surface area (Å²) < 4.78 is 0. The van der Waals surface area contributed by atoms with Gasteiger partial charge in [0.15, 0.2) is 0 Å². The number of hydrogen-bond acceptors (Lipinski definition) is 1. The Kier molecular flexibility index (Phi) is 2.41. The van der Waals surface area contributed by atoms with E-state index in [-0.39, 0.29) is 0 Å². The lowest BCUT2D eigenvalue weighted by Gasteiger charge is -2.07. The minimum Gasteiger partial charge on any atom is -0.355 e. The third-order valence-corrected chi connectivity index (χ3v) is 3.32. The summed E-state index contributed by atoms with van der Waals surface area (Å²) in [6.45, 7) is 0.612. The van der Waals surface area contributed by atoms with E-state index in [0.717, 1.165) is 12.8 Å². The molecule has 84 valence electrons. The van der Waals surface area contributed by atoms with Gasteiger partial charge in [0.25, 0.3) is 0 Å². The van der Waals surface area contributed by atoms with Crippen molar-refractivity contribution in [2.75, 3.05) is 0 Å². The number of fused-ring (bicyclic) bond motifs is 3. The van der Waals surface area contributed by atoms with Gasteiger partial charge in [0.1, 0.15) is 0 Å². The number of amides is 1. The summed E-state index contributed by atoms with van der Waals surface area (Å²) in [6, 6.07) is 14.8. The maximum atomic E-state index is 10.4. The van der Waals surface area contributed by atoms with Gasteiger partial charge in [0, 0.05) is 6.54 Å². The van der Waals surface area contributed by atoms with Crippen molar-refractivity contribution in [1.82, 2.24) is 5.32 Å². The first-order valence-electron chi connectivity index (χ1n) is 5.76. The van der Waals surface area contributed by atoms with E-state index in [4.69, 9.17) is 0 Å². The summed E-state index contributed by atoms with van der Waals surface area (Å²) in [4.78, 5) is 10.4. The molecule has 1 aliphatic carbocycles. The van der Waals surface area contributed by atoms with Crippen LogP contribution in [0.5, 0.6) is 0 Å². The highest BCUT2D eigenvalue weighted by atomic mass is 16.1. The van der Waals surface area contributed by atoms with Crippen molar-refractivity contribution < 1.29 is 4.79 Å². The average molecular weight is 223 g/mol. The van der Waals surface area contributed by atoms with Crippen LogP contribution in [0.4, 0.5) is 0 Å². The lowest BCUT2D eigenvalue weighted by Crippen LogP contribution is -2.11. The standard InChI is InChI=1S/C15H13NO/c17-10-16-9-12-5-3-7-14-13-6-2-1-4-11(13)8-15(12)14/h1-7,10H,8-9H2,(H,16,17). The Morgan fingerprint density at radius 2 is 1.88 bits per heavy atom. The molecule has 2 aromatic carbocycles. The van der Waals surface area contributed by atoms with Crippen molar-refractivity contribution in [2.45, 2.75) is 13.0 Å². The van der Waals surface area contributed by atoms with Gasteiger partial charge in [-0.2, -0.15) is 0 Å². The number of hydrogen-bond donors (Lipinski definition) is 1. The van der Waals surface area contributed by atoms with Gasteiger partial charge in [-0.05, 0) is 34.2 Å². The highest BCUT2D eigenvalue weighted by molar-refractivity contribution is 5.77. The first kappa shape index (κ1) is 10.1. The van der Waals surface area contributed by atoms with Gasteiger partial charge in [0.05, 0.1) is 0 Å². The second kappa shape index (κ2) is 4.06. The molecule has 1 N–H and O–H groups in total. The van der Waals surface area contributed by atoms with E-state index in [9.17, 15) is 4.79 Å². The Labute approximate surface area is 100 Å². The summed E-state index contributed by atoms with van der Waals surface area (Å²) >= 11 is 0. The minimum atomic E-state index is 0.612. The summed E-state index contributed by atoms with van der Waals surface area (Å²) in [6.07, 6.45) is 1.73. The van der Waals surface area contributed by atoms with Crippen LogP contribution in [0.3, 0.4) is 0 Å². The summed E-state index contributed by atoms with van der Waals surface area (Å²) in [5.74, 6) is 0. The van der Waals surface area contributed by atoms with Gasteiger partial charge in [-0.25, -0.2) is 0 Å². The normalized spacial score (nSPS) is 11.8. The molecule has 17 heavy (non-hydrogen) atoms. The number of carbonyl (C=O) groups excluding carboxylic acids is 1. The maximum absolute atomic E-state index is 10.4. The summed E-state index contributed by atoms with van der Waals surface area (Å²) in [7, 11) is 0. The van der Waals surface area contributed by atoms with Crippen LogP contribution in [0.25, 0.3) is 11.1 Å². The largest absolute Gasteiger partial charge is 0.355 e. The van der Waals surface area contributed by atoms with E-state index < -0.39 is 0 Å². The maximum Gasteiger partial charge on any atom is 0.207 e. The SMILES string of the molecule is O=CNCc1cccc2c1Cc1ccccc1-2. The van der Waals surface area contributed by atoms with Crippen LogP contribution >= 0.6 is 0 Å².